The van der Waals surface area contributed by atoms with Crippen LogP contribution in [0.2, 0.25) is 0 Å². The van der Waals surface area contributed by atoms with Crippen LogP contribution in [-0.4, -0.2) is 35.1 Å². The Kier molecular flexibility index (Phi) is 4.01. The first kappa shape index (κ1) is 18.5. The minimum Gasteiger partial charge on any atom is -0.383 e. The standard InChI is InChI=1S/C22H25N3O3/c1-20(2)16-12-8-9-13-17(16)25(4)22(20)14-21(3,27)18(24-28-22)19(26)23-15-10-6-5-7-11-15/h5-13,27H,14H2,1-4H3,(H,23,26). The van der Waals surface area contributed by atoms with Gasteiger partial charge < -0.3 is 20.2 Å². The van der Waals surface area contributed by atoms with Gasteiger partial charge in [-0.05, 0) is 44.5 Å². The Hall–Kier alpha value is -2.86. The number of para-hydroxylation sites is 2. The van der Waals surface area contributed by atoms with Gasteiger partial charge in [0.1, 0.15) is 5.60 Å². The molecule has 1 spiro atoms. The van der Waals surface area contributed by atoms with Crippen LogP contribution in [0.15, 0.2) is 59.8 Å². The fourth-order valence-electron chi connectivity index (χ4n) is 4.43. The number of carbonyl (C=O) groups is 1. The number of aliphatic hydroxyl groups is 1. The minimum absolute atomic E-state index is 0.0258. The number of hydrogen-bond donors (Lipinski definition) is 2. The van der Waals surface area contributed by atoms with Crippen molar-refractivity contribution in [3.8, 4) is 0 Å². The van der Waals surface area contributed by atoms with Gasteiger partial charge in [0.25, 0.3) is 5.91 Å². The Morgan fingerprint density at radius 3 is 2.39 bits per heavy atom. The third-order valence-corrected chi connectivity index (χ3v) is 6.09. The highest BCUT2D eigenvalue weighted by molar-refractivity contribution is 6.45. The van der Waals surface area contributed by atoms with Gasteiger partial charge in [0.15, 0.2) is 5.71 Å². The van der Waals surface area contributed by atoms with Crippen LogP contribution in [-0.2, 0) is 15.0 Å². The molecule has 2 N–H and O–H groups in total. The van der Waals surface area contributed by atoms with E-state index in [1.54, 1.807) is 19.1 Å². The third kappa shape index (κ3) is 2.52. The molecule has 1 amide bonds. The van der Waals surface area contributed by atoms with E-state index >= 15 is 0 Å². The molecule has 2 atom stereocenters. The van der Waals surface area contributed by atoms with Crippen LogP contribution in [0.1, 0.15) is 32.8 Å². The molecule has 0 bridgehead atoms. The summed E-state index contributed by atoms with van der Waals surface area (Å²) in [5.41, 5.74) is -0.00944. The molecule has 146 valence electrons. The number of hydrogen-bond acceptors (Lipinski definition) is 5. The van der Waals surface area contributed by atoms with Crippen molar-refractivity contribution in [1.82, 2.24) is 0 Å². The van der Waals surface area contributed by atoms with Gasteiger partial charge in [-0.2, -0.15) is 0 Å². The highest BCUT2D eigenvalue weighted by Gasteiger charge is 2.63. The minimum atomic E-state index is -1.45. The van der Waals surface area contributed by atoms with Crippen molar-refractivity contribution in [2.75, 3.05) is 17.3 Å². The number of benzene rings is 2. The van der Waals surface area contributed by atoms with Gasteiger partial charge >= 0.3 is 0 Å². The molecule has 28 heavy (non-hydrogen) atoms. The molecule has 0 aliphatic carbocycles. The number of nitrogens with one attached hydrogen (secondary N) is 1. The largest absolute Gasteiger partial charge is 0.383 e. The SMILES string of the molecule is CN1c2ccccc2C(C)(C)C12CC(C)(O)C(C(=O)Nc1ccccc1)=NO2. The van der Waals surface area contributed by atoms with E-state index < -0.39 is 22.6 Å². The number of fused-ring (bicyclic) bond motifs is 1. The zero-order valence-corrected chi connectivity index (χ0v) is 16.6. The van der Waals surface area contributed by atoms with E-state index in [1.165, 1.54) is 0 Å². The lowest BCUT2D eigenvalue weighted by atomic mass is 9.72. The molecule has 0 radical (unpaired) electrons. The van der Waals surface area contributed by atoms with Crippen LogP contribution >= 0.6 is 0 Å². The van der Waals surface area contributed by atoms with Gasteiger partial charge in [-0.25, -0.2) is 0 Å². The summed E-state index contributed by atoms with van der Waals surface area (Å²) in [6.07, 6.45) is 0.208. The average molecular weight is 379 g/mol. The molecule has 0 saturated carbocycles. The van der Waals surface area contributed by atoms with Crippen molar-refractivity contribution in [3.05, 3.63) is 60.2 Å². The molecule has 2 heterocycles. The number of nitrogens with zero attached hydrogens (tertiary/aromatic N) is 2. The molecule has 2 aliphatic heterocycles. The maximum Gasteiger partial charge on any atom is 0.276 e. The zero-order chi connectivity index (χ0) is 20.2. The van der Waals surface area contributed by atoms with Gasteiger partial charge in [-0.1, -0.05) is 41.6 Å². The van der Waals surface area contributed by atoms with Crippen molar-refractivity contribution in [3.63, 3.8) is 0 Å². The van der Waals surface area contributed by atoms with E-state index in [4.69, 9.17) is 4.84 Å². The Morgan fingerprint density at radius 1 is 1.11 bits per heavy atom. The molecule has 6 heteroatoms. The summed E-state index contributed by atoms with van der Waals surface area (Å²) < 4.78 is 0. The number of anilines is 2. The van der Waals surface area contributed by atoms with E-state index in [2.05, 4.69) is 30.4 Å². The van der Waals surface area contributed by atoms with Crippen LogP contribution in [0.4, 0.5) is 11.4 Å². The summed E-state index contributed by atoms with van der Waals surface area (Å²) >= 11 is 0. The Balaban J connectivity index is 1.69. The van der Waals surface area contributed by atoms with Crippen LogP contribution in [0.3, 0.4) is 0 Å². The van der Waals surface area contributed by atoms with Gasteiger partial charge in [-0.15, -0.1) is 0 Å². The molecule has 4 rings (SSSR count). The van der Waals surface area contributed by atoms with E-state index in [9.17, 15) is 9.90 Å². The second-order valence-corrected chi connectivity index (χ2v) is 8.29. The van der Waals surface area contributed by atoms with E-state index in [1.807, 2.05) is 48.3 Å². The second kappa shape index (κ2) is 6.07. The Morgan fingerprint density at radius 2 is 1.75 bits per heavy atom. The molecule has 0 saturated heterocycles. The van der Waals surface area contributed by atoms with Crippen molar-refractivity contribution < 1.29 is 14.7 Å². The molecule has 0 aromatic heterocycles. The lowest BCUT2D eigenvalue weighted by Gasteiger charge is -2.49. The summed E-state index contributed by atoms with van der Waals surface area (Å²) in [4.78, 5) is 20.8. The molecular formula is C22H25N3O3. The highest BCUT2D eigenvalue weighted by Crippen LogP contribution is 2.55. The van der Waals surface area contributed by atoms with Gasteiger partial charge in [0, 0.05) is 24.8 Å². The molecule has 2 aliphatic rings. The van der Waals surface area contributed by atoms with Crippen molar-refractivity contribution in [2.45, 2.75) is 43.9 Å². The molecule has 0 fully saturated rings. The van der Waals surface area contributed by atoms with E-state index in [-0.39, 0.29) is 12.1 Å². The quantitative estimate of drug-likeness (QED) is 0.840. The van der Waals surface area contributed by atoms with Crippen molar-refractivity contribution >= 4 is 23.0 Å². The average Bonchev–Trinajstić information content (AvgIpc) is 2.81. The first-order valence-electron chi connectivity index (χ1n) is 9.38. The summed E-state index contributed by atoms with van der Waals surface area (Å²) in [6.45, 7) is 5.78. The zero-order valence-electron chi connectivity index (χ0n) is 16.6. The molecule has 2 unspecified atom stereocenters. The molecular weight excluding hydrogens is 354 g/mol. The Labute approximate surface area is 164 Å². The molecule has 2 aromatic carbocycles. The monoisotopic (exact) mass is 379 g/mol. The second-order valence-electron chi connectivity index (χ2n) is 8.29. The fourth-order valence-corrected chi connectivity index (χ4v) is 4.43. The summed E-state index contributed by atoms with van der Waals surface area (Å²) in [5.74, 6) is -0.470. The van der Waals surface area contributed by atoms with Crippen LogP contribution < -0.4 is 10.2 Å². The first-order chi connectivity index (χ1) is 13.2. The summed E-state index contributed by atoms with van der Waals surface area (Å²) in [7, 11) is 1.94. The van der Waals surface area contributed by atoms with Gasteiger partial charge in [0.05, 0.1) is 5.41 Å². The van der Waals surface area contributed by atoms with Gasteiger partial charge in [-0.3, -0.25) is 4.79 Å². The highest BCUT2D eigenvalue weighted by atomic mass is 16.7. The number of rotatable bonds is 2. The third-order valence-electron chi connectivity index (χ3n) is 6.09. The number of amides is 1. The lowest BCUT2D eigenvalue weighted by Crippen LogP contribution is -2.64. The predicted octanol–water partition coefficient (Wildman–Crippen LogP) is 3.28. The normalized spacial score (nSPS) is 27.8. The lowest BCUT2D eigenvalue weighted by molar-refractivity contribution is -0.136. The van der Waals surface area contributed by atoms with Crippen LogP contribution in [0.25, 0.3) is 0 Å². The molecule has 6 nitrogen and oxygen atoms in total. The van der Waals surface area contributed by atoms with Gasteiger partial charge in [0.2, 0.25) is 5.72 Å². The Bertz CT molecular complexity index is 953. The topological polar surface area (TPSA) is 74.2 Å². The van der Waals surface area contributed by atoms with E-state index in [0.29, 0.717) is 5.69 Å². The smallest absolute Gasteiger partial charge is 0.276 e. The van der Waals surface area contributed by atoms with E-state index in [0.717, 1.165) is 11.3 Å². The van der Waals surface area contributed by atoms with Crippen molar-refractivity contribution in [1.29, 1.82) is 0 Å². The maximum atomic E-state index is 12.8. The number of carbonyl (C=O) groups excluding carboxylic acids is 1. The molecule has 2 aromatic rings. The number of likely N-dealkylation sites (N-methyl/N-ethyl adjacent to an activating group) is 1. The first-order valence-corrected chi connectivity index (χ1v) is 9.38. The van der Waals surface area contributed by atoms with Crippen molar-refractivity contribution in [2.24, 2.45) is 5.16 Å². The maximum absolute atomic E-state index is 12.8. The summed E-state index contributed by atoms with van der Waals surface area (Å²) in [6, 6.07) is 17.2. The predicted molar refractivity (Wildman–Crippen MR) is 109 cm³/mol. The number of oxime groups is 1. The van der Waals surface area contributed by atoms with Crippen LogP contribution in [0.5, 0.6) is 0 Å². The summed E-state index contributed by atoms with van der Waals surface area (Å²) in [5, 5.41) is 18.2. The fraction of sp³-hybridized carbons (Fsp3) is 0.364. The van der Waals surface area contributed by atoms with Crippen LogP contribution in [0, 0.1) is 0 Å².